The molecule has 124 valence electrons. The van der Waals surface area contributed by atoms with Crippen LogP contribution in [0.5, 0.6) is 0 Å². The highest BCUT2D eigenvalue weighted by Gasteiger charge is 2.23. The Labute approximate surface area is 139 Å². The van der Waals surface area contributed by atoms with Crippen molar-refractivity contribution in [2.75, 3.05) is 13.6 Å². The third kappa shape index (κ3) is 3.59. The van der Waals surface area contributed by atoms with E-state index in [0.717, 1.165) is 18.8 Å². The van der Waals surface area contributed by atoms with E-state index in [1.165, 1.54) is 10.4 Å². The van der Waals surface area contributed by atoms with E-state index in [0.29, 0.717) is 19.1 Å². The molecule has 0 bridgehead atoms. The van der Waals surface area contributed by atoms with Crippen LogP contribution in [0.4, 0.5) is 0 Å². The van der Waals surface area contributed by atoms with E-state index in [2.05, 4.69) is 45.7 Å². The number of carbonyl (C=O) groups excluding carboxylic acids is 1. The summed E-state index contributed by atoms with van der Waals surface area (Å²) in [6.07, 6.45) is 0.942. The number of amides is 1. The zero-order valence-corrected chi connectivity index (χ0v) is 14.6. The molecule has 0 saturated heterocycles. The molecule has 23 heavy (non-hydrogen) atoms. The number of hydrogen-bond donors (Lipinski definition) is 0. The molecule has 7 nitrogen and oxygen atoms in total. The van der Waals surface area contributed by atoms with Gasteiger partial charge in [0.05, 0.1) is 6.54 Å². The molecule has 0 aromatic carbocycles. The minimum atomic E-state index is 0.0719. The molecule has 2 aromatic rings. The lowest BCUT2D eigenvalue weighted by molar-refractivity contribution is -0.133. The molecular formula is C15H22N6OS. The molecule has 0 saturated carbocycles. The van der Waals surface area contributed by atoms with Crippen LogP contribution in [-0.4, -0.2) is 55.5 Å². The van der Waals surface area contributed by atoms with Crippen molar-refractivity contribution in [3.8, 4) is 0 Å². The number of rotatable bonds is 5. The molecule has 0 N–H and O–H groups in total. The summed E-state index contributed by atoms with van der Waals surface area (Å²) in [7, 11) is 2.02. The number of hydrogen-bond acceptors (Lipinski definition) is 6. The van der Waals surface area contributed by atoms with Crippen molar-refractivity contribution in [3.05, 3.63) is 27.7 Å². The molecule has 0 spiro atoms. The average Bonchev–Trinajstić information content (AvgIpc) is 3.15. The number of aromatic nitrogens is 4. The van der Waals surface area contributed by atoms with Crippen LogP contribution in [0.25, 0.3) is 0 Å². The number of thiophene rings is 1. The Morgan fingerprint density at radius 3 is 3.09 bits per heavy atom. The van der Waals surface area contributed by atoms with Gasteiger partial charge in [-0.2, -0.15) is 0 Å². The van der Waals surface area contributed by atoms with Crippen LogP contribution in [0, 0.1) is 0 Å². The third-order valence-corrected chi connectivity index (χ3v) is 5.35. The Hall–Kier alpha value is -1.80. The molecule has 0 atom stereocenters. The molecule has 0 aliphatic carbocycles. The van der Waals surface area contributed by atoms with E-state index >= 15 is 0 Å². The van der Waals surface area contributed by atoms with Gasteiger partial charge in [-0.25, -0.2) is 4.68 Å². The van der Waals surface area contributed by atoms with Crippen LogP contribution in [0.2, 0.25) is 0 Å². The SMILES string of the molecule is CC(C)N(C)Cc1nnnn1CC(=O)N1CCc2sccc2C1. The van der Waals surface area contributed by atoms with E-state index in [1.54, 1.807) is 16.0 Å². The van der Waals surface area contributed by atoms with Crippen LogP contribution < -0.4 is 0 Å². The molecule has 3 rings (SSSR count). The molecule has 1 aliphatic heterocycles. The summed E-state index contributed by atoms with van der Waals surface area (Å²) in [6, 6.07) is 2.51. The lowest BCUT2D eigenvalue weighted by Crippen LogP contribution is -2.38. The standard InChI is InChI=1S/C15H22N6OS/c1-11(2)19(3)9-14-16-17-18-21(14)10-15(22)20-6-4-13-12(8-20)5-7-23-13/h5,7,11H,4,6,8-10H2,1-3H3. The fraction of sp³-hybridized carbons (Fsp3) is 0.600. The van der Waals surface area contributed by atoms with Gasteiger partial charge in [-0.05, 0) is 54.8 Å². The first-order chi connectivity index (χ1) is 11.0. The van der Waals surface area contributed by atoms with Crippen molar-refractivity contribution in [3.63, 3.8) is 0 Å². The smallest absolute Gasteiger partial charge is 0.244 e. The predicted octanol–water partition coefficient (Wildman–Crippen LogP) is 1.16. The second-order valence-electron chi connectivity index (χ2n) is 6.20. The van der Waals surface area contributed by atoms with Crippen LogP contribution in [-0.2, 0) is 30.8 Å². The normalized spacial score (nSPS) is 14.6. The molecule has 0 radical (unpaired) electrons. The first-order valence-corrected chi connectivity index (χ1v) is 8.71. The number of tetrazole rings is 1. The van der Waals surface area contributed by atoms with Gasteiger partial charge in [-0.3, -0.25) is 9.69 Å². The van der Waals surface area contributed by atoms with Gasteiger partial charge < -0.3 is 4.90 Å². The minimum Gasteiger partial charge on any atom is -0.336 e. The summed E-state index contributed by atoms with van der Waals surface area (Å²) in [4.78, 5) is 18.0. The largest absolute Gasteiger partial charge is 0.336 e. The van der Waals surface area contributed by atoms with Gasteiger partial charge in [-0.15, -0.1) is 16.4 Å². The van der Waals surface area contributed by atoms with Crippen molar-refractivity contribution < 1.29 is 4.79 Å². The van der Waals surface area contributed by atoms with Crippen LogP contribution >= 0.6 is 11.3 Å². The summed E-state index contributed by atoms with van der Waals surface area (Å²) in [5.74, 6) is 0.797. The lowest BCUT2D eigenvalue weighted by atomic mass is 10.1. The van der Waals surface area contributed by atoms with E-state index in [1.807, 2.05) is 11.9 Å². The van der Waals surface area contributed by atoms with Crippen molar-refractivity contribution in [1.82, 2.24) is 30.0 Å². The fourth-order valence-electron chi connectivity index (χ4n) is 2.55. The fourth-order valence-corrected chi connectivity index (χ4v) is 3.44. The minimum absolute atomic E-state index is 0.0719. The second-order valence-corrected chi connectivity index (χ2v) is 7.20. The monoisotopic (exact) mass is 334 g/mol. The van der Waals surface area contributed by atoms with Crippen LogP contribution in [0.1, 0.15) is 30.1 Å². The highest BCUT2D eigenvalue weighted by Crippen LogP contribution is 2.24. The van der Waals surface area contributed by atoms with Gasteiger partial charge in [0, 0.05) is 24.0 Å². The second kappa shape index (κ2) is 6.76. The maximum atomic E-state index is 12.6. The molecular weight excluding hydrogens is 312 g/mol. The highest BCUT2D eigenvalue weighted by atomic mass is 32.1. The summed E-state index contributed by atoms with van der Waals surface area (Å²) >= 11 is 1.78. The van der Waals surface area contributed by atoms with Gasteiger partial charge in [0.1, 0.15) is 6.54 Å². The Balaban J connectivity index is 1.64. The first-order valence-electron chi connectivity index (χ1n) is 7.83. The van der Waals surface area contributed by atoms with Crippen molar-refractivity contribution in [2.45, 2.75) is 45.9 Å². The van der Waals surface area contributed by atoms with E-state index < -0.39 is 0 Å². The Morgan fingerprint density at radius 2 is 2.30 bits per heavy atom. The Kier molecular flexibility index (Phi) is 4.72. The van der Waals surface area contributed by atoms with Crippen molar-refractivity contribution in [1.29, 1.82) is 0 Å². The van der Waals surface area contributed by atoms with E-state index in [9.17, 15) is 4.79 Å². The summed E-state index contributed by atoms with van der Waals surface area (Å²) in [5.41, 5.74) is 1.27. The number of nitrogens with zero attached hydrogens (tertiary/aromatic N) is 6. The highest BCUT2D eigenvalue weighted by molar-refractivity contribution is 7.10. The van der Waals surface area contributed by atoms with Gasteiger partial charge >= 0.3 is 0 Å². The molecule has 1 aliphatic rings. The van der Waals surface area contributed by atoms with E-state index in [-0.39, 0.29) is 12.5 Å². The predicted molar refractivity (Wildman–Crippen MR) is 87.9 cm³/mol. The summed E-state index contributed by atoms with van der Waals surface area (Å²) in [5, 5.41) is 13.9. The maximum Gasteiger partial charge on any atom is 0.244 e. The molecule has 1 amide bonds. The molecule has 0 unspecified atom stereocenters. The quantitative estimate of drug-likeness (QED) is 0.821. The van der Waals surface area contributed by atoms with Crippen molar-refractivity contribution in [2.24, 2.45) is 0 Å². The summed E-state index contributed by atoms with van der Waals surface area (Å²) < 4.78 is 1.62. The zero-order chi connectivity index (χ0) is 16.4. The maximum absolute atomic E-state index is 12.6. The topological polar surface area (TPSA) is 67.2 Å². The Bertz CT molecular complexity index is 679. The number of fused-ring (bicyclic) bond motifs is 1. The van der Waals surface area contributed by atoms with Gasteiger partial charge in [0.25, 0.3) is 0 Å². The van der Waals surface area contributed by atoms with Crippen molar-refractivity contribution >= 4 is 17.2 Å². The summed E-state index contributed by atoms with van der Waals surface area (Å²) in [6.45, 7) is 6.54. The van der Waals surface area contributed by atoms with Crippen LogP contribution in [0.15, 0.2) is 11.4 Å². The zero-order valence-electron chi connectivity index (χ0n) is 13.8. The molecule has 2 aromatic heterocycles. The molecule has 3 heterocycles. The van der Waals surface area contributed by atoms with Gasteiger partial charge in [-0.1, -0.05) is 0 Å². The average molecular weight is 334 g/mol. The van der Waals surface area contributed by atoms with Gasteiger partial charge in [0.2, 0.25) is 5.91 Å². The molecule has 0 fully saturated rings. The lowest BCUT2D eigenvalue weighted by Gasteiger charge is -2.27. The van der Waals surface area contributed by atoms with Crippen LogP contribution in [0.3, 0.4) is 0 Å². The van der Waals surface area contributed by atoms with Gasteiger partial charge in [0.15, 0.2) is 5.82 Å². The number of carbonyl (C=O) groups is 1. The van der Waals surface area contributed by atoms with E-state index in [4.69, 9.17) is 0 Å². The first kappa shape index (κ1) is 16.1. The third-order valence-electron chi connectivity index (χ3n) is 4.32. The molecule has 8 heteroatoms. The Morgan fingerprint density at radius 1 is 1.48 bits per heavy atom.